The van der Waals surface area contributed by atoms with Gasteiger partial charge < -0.3 is 15.2 Å². The lowest BCUT2D eigenvalue weighted by atomic mass is 10.2. The number of aliphatic hydroxyl groups is 1. The molecule has 0 aliphatic carbocycles. The van der Waals surface area contributed by atoms with Crippen LogP contribution in [0.25, 0.3) is 0 Å². The lowest BCUT2D eigenvalue weighted by Crippen LogP contribution is -2.10. The fourth-order valence-electron chi connectivity index (χ4n) is 1.73. The number of nitrogens with one attached hydrogen (secondary N) is 1. The van der Waals surface area contributed by atoms with Gasteiger partial charge in [0.15, 0.2) is 0 Å². The average Bonchev–Trinajstić information content (AvgIpc) is 2.80. The normalized spacial score (nSPS) is 10.5. The number of thiophene rings is 1. The smallest absolute Gasteiger partial charge is 0.265 e. The Hall–Kier alpha value is -0.890. The molecule has 0 fully saturated rings. The highest BCUT2D eigenvalue weighted by Crippen LogP contribution is 2.33. The molecule has 0 aliphatic heterocycles. The van der Waals surface area contributed by atoms with Crippen LogP contribution in [0.1, 0.15) is 22.2 Å². The molecule has 0 radical (unpaired) electrons. The van der Waals surface area contributed by atoms with E-state index in [9.17, 15) is 9.90 Å². The first kappa shape index (κ1) is 16.5. The number of aliphatic hydroxyl groups excluding tert-OH is 1. The standard InChI is InChI=1S/C14H13Br2NO3S/c1-2-20-11-4-3-9(5-8(11)7-18)17-14(19)12-6-10(15)13(16)21-12/h3-6,18H,2,7H2,1H3,(H,17,19). The van der Waals surface area contributed by atoms with E-state index in [-0.39, 0.29) is 12.5 Å². The van der Waals surface area contributed by atoms with Gasteiger partial charge in [0.1, 0.15) is 5.75 Å². The van der Waals surface area contributed by atoms with Crippen molar-refractivity contribution in [3.8, 4) is 5.75 Å². The third kappa shape index (κ3) is 4.06. The molecule has 2 aromatic rings. The highest BCUT2D eigenvalue weighted by molar-refractivity contribution is 9.13. The van der Waals surface area contributed by atoms with E-state index in [4.69, 9.17) is 4.74 Å². The molecule has 4 nitrogen and oxygen atoms in total. The van der Waals surface area contributed by atoms with Gasteiger partial charge in [-0.05, 0) is 63.0 Å². The Bertz CT molecular complexity index is 638. The van der Waals surface area contributed by atoms with Crippen LogP contribution in [0.5, 0.6) is 5.75 Å². The second-order valence-electron chi connectivity index (χ2n) is 4.10. The molecular formula is C14H13Br2NO3S. The SMILES string of the molecule is CCOc1ccc(NC(=O)c2cc(Br)c(Br)s2)cc1CO. The van der Waals surface area contributed by atoms with E-state index in [0.717, 1.165) is 8.26 Å². The number of carbonyl (C=O) groups excluding carboxylic acids is 1. The number of hydrogen-bond donors (Lipinski definition) is 2. The molecule has 1 aromatic heterocycles. The number of hydrogen-bond acceptors (Lipinski definition) is 4. The number of amides is 1. The zero-order valence-corrected chi connectivity index (χ0v) is 15.1. The molecule has 0 aliphatic rings. The Morgan fingerprint density at radius 3 is 2.71 bits per heavy atom. The van der Waals surface area contributed by atoms with Crippen LogP contribution in [-0.4, -0.2) is 17.6 Å². The fourth-order valence-corrected chi connectivity index (χ4v) is 3.66. The van der Waals surface area contributed by atoms with Crippen molar-refractivity contribution in [3.63, 3.8) is 0 Å². The molecule has 21 heavy (non-hydrogen) atoms. The summed E-state index contributed by atoms with van der Waals surface area (Å²) in [5.41, 5.74) is 1.26. The molecule has 112 valence electrons. The van der Waals surface area contributed by atoms with E-state index in [1.54, 1.807) is 24.3 Å². The van der Waals surface area contributed by atoms with E-state index in [0.29, 0.717) is 28.5 Å². The summed E-state index contributed by atoms with van der Waals surface area (Å²) >= 11 is 8.06. The van der Waals surface area contributed by atoms with Crippen molar-refractivity contribution in [1.29, 1.82) is 0 Å². The third-order valence-electron chi connectivity index (χ3n) is 2.66. The maximum atomic E-state index is 12.2. The molecule has 1 aromatic carbocycles. The van der Waals surface area contributed by atoms with Crippen molar-refractivity contribution in [2.24, 2.45) is 0 Å². The van der Waals surface area contributed by atoms with Gasteiger partial charge in [-0.1, -0.05) is 0 Å². The van der Waals surface area contributed by atoms with Gasteiger partial charge in [-0.15, -0.1) is 11.3 Å². The van der Waals surface area contributed by atoms with Crippen molar-refractivity contribution in [1.82, 2.24) is 0 Å². The topological polar surface area (TPSA) is 58.6 Å². The maximum Gasteiger partial charge on any atom is 0.265 e. The molecule has 0 saturated carbocycles. The first-order chi connectivity index (χ1) is 10.0. The van der Waals surface area contributed by atoms with E-state index in [2.05, 4.69) is 37.2 Å². The quantitative estimate of drug-likeness (QED) is 0.732. The van der Waals surface area contributed by atoms with Crippen LogP contribution in [0.2, 0.25) is 0 Å². The Morgan fingerprint density at radius 1 is 1.38 bits per heavy atom. The number of carbonyl (C=O) groups is 1. The molecule has 0 spiro atoms. The second-order valence-corrected chi connectivity index (χ2v) is 7.32. The predicted octanol–water partition coefficient (Wildman–Crippen LogP) is 4.42. The molecule has 7 heteroatoms. The summed E-state index contributed by atoms with van der Waals surface area (Å²) in [5.74, 6) is 0.430. The van der Waals surface area contributed by atoms with Crippen molar-refractivity contribution in [3.05, 3.63) is 43.0 Å². The van der Waals surface area contributed by atoms with Gasteiger partial charge in [-0.25, -0.2) is 0 Å². The molecule has 2 N–H and O–H groups in total. The summed E-state index contributed by atoms with van der Waals surface area (Å²) in [6.07, 6.45) is 0. The second kappa shape index (κ2) is 7.40. The summed E-state index contributed by atoms with van der Waals surface area (Å²) in [4.78, 5) is 12.7. The Labute approximate surface area is 143 Å². The number of anilines is 1. The first-order valence-corrected chi connectivity index (χ1v) is 8.58. The minimum absolute atomic E-state index is 0.144. The number of halogens is 2. The number of benzene rings is 1. The van der Waals surface area contributed by atoms with Crippen LogP contribution in [0.3, 0.4) is 0 Å². The Balaban J connectivity index is 2.17. The molecule has 0 atom stereocenters. The summed E-state index contributed by atoms with van der Waals surface area (Å²) in [5, 5.41) is 12.2. The molecule has 0 saturated heterocycles. The van der Waals surface area contributed by atoms with Crippen LogP contribution in [0.15, 0.2) is 32.5 Å². The largest absolute Gasteiger partial charge is 0.494 e. The van der Waals surface area contributed by atoms with E-state index in [1.165, 1.54) is 11.3 Å². The summed E-state index contributed by atoms with van der Waals surface area (Å²) in [6.45, 7) is 2.26. The van der Waals surface area contributed by atoms with Crippen LogP contribution < -0.4 is 10.1 Å². The lowest BCUT2D eigenvalue weighted by molar-refractivity contribution is 0.103. The van der Waals surface area contributed by atoms with Crippen LogP contribution in [0.4, 0.5) is 5.69 Å². The van der Waals surface area contributed by atoms with Gasteiger partial charge in [0.25, 0.3) is 5.91 Å². The van der Waals surface area contributed by atoms with Crippen LogP contribution in [-0.2, 0) is 6.61 Å². The fraction of sp³-hybridized carbons (Fsp3) is 0.214. The Morgan fingerprint density at radius 2 is 2.14 bits per heavy atom. The van der Waals surface area contributed by atoms with Crippen LogP contribution >= 0.6 is 43.2 Å². The zero-order chi connectivity index (χ0) is 15.4. The third-order valence-corrected chi connectivity index (χ3v) is 5.91. The van der Waals surface area contributed by atoms with Crippen molar-refractivity contribution in [2.75, 3.05) is 11.9 Å². The van der Waals surface area contributed by atoms with Crippen molar-refractivity contribution in [2.45, 2.75) is 13.5 Å². The van der Waals surface area contributed by atoms with Gasteiger partial charge >= 0.3 is 0 Å². The summed E-state index contributed by atoms with van der Waals surface area (Å²) in [7, 11) is 0. The average molecular weight is 435 g/mol. The van der Waals surface area contributed by atoms with E-state index >= 15 is 0 Å². The molecule has 0 unspecified atom stereocenters. The van der Waals surface area contributed by atoms with Crippen molar-refractivity contribution >= 4 is 54.8 Å². The number of rotatable bonds is 5. The highest BCUT2D eigenvalue weighted by Gasteiger charge is 2.13. The molecular weight excluding hydrogens is 422 g/mol. The molecule has 1 heterocycles. The van der Waals surface area contributed by atoms with Gasteiger partial charge in [0.05, 0.1) is 21.9 Å². The monoisotopic (exact) mass is 433 g/mol. The molecule has 0 bridgehead atoms. The number of ether oxygens (including phenoxy) is 1. The van der Waals surface area contributed by atoms with Crippen molar-refractivity contribution < 1.29 is 14.6 Å². The Kier molecular flexibility index (Phi) is 5.80. The van der Waals surface area contributed by atoms with E-state index < -0.39 is 0 Å². The zero-order valence-electron chi connectivity index (χ0n) is 11.2. The van der Waals surface area contributed by atoms with Gasteiger partial charge in [0.2, 0.25) is 0 Å². The minimum atomic E-state index is -0.195. The maximum absolute atomic E-state index is 12.2. The van der Waals surface area contributed by atoms with Gasteiger partial charge in [0, 0.05) is 15.7 Å². The van der Waals surface area contributed by atoms with Gasteiger partial charge in [-0.3, -0.25) is 4.79 Å². The highest BCUT2D eigenvalue weighted by atomic mass is 79.9. The van der Waals surface area contributed by atoms with Gasteiger partial charge in [-0.2, -0.15) is 0 Å². The lowest BCUT2D eigenvalue weighted by Gasteiger charge is -2.11. The van der Waals surface area contributed by atoms with Crippen LogP contribution in [0, 0.1) is 0 Å². The first-order valence-electron chi connectivity index (χ1n) is 6.18. The predicted molar refractivity (Wildman–Crippen MR) is 91.2 cm³/mol. The minimum Gasteiger partial charge on any atom is -0.494 e. The summed E-state index contributed by atoms with van der Waals surface area (Å²) < 4.78 is 7.13. The molecule has 2 rings (SSSR count). The molecule has 1 amide bonds. The van der Waals surface area contributed by atoms with E-state index in [1.807, 2.05) is 6.92 Å². The summed E-state index contributed by atoms with van der Waals surface area (Å²) in [6, 6.07) is 6.96.